The van der Waals surface area contributed by atoms with E-state index in [1.165, 1.54) is 60.8 Å². The van der Waals surface area contributed by atoms with Gasteiger partial charge in [-0.05, 0) is 222 Å². The zero-order valence-electron chi connectivity index (χ0n) is 62.2. The normalized spacial score (nSPS) is 34.3. The monoisotopic (exact) mass is 1310 g/mol. The van der Waals surface area contributed by atoms with Crippen molar-refractivity contribution in [3.8, 4) is 0 Å². The Hall–Kier alpha value is -4.09. The van der Waals surface area contributed by atoms with E-state index in [-0.39, 0.29) is 32.5 Å². The Kier molecular flexibility index (Phi) is 27.1. The van der Waals surface area contributed by atoms with Crippen molar-refractivity contribution >= 4 is 17.3 Å². The Morgan fingerprint density at radius 1 is 0.453 bits per heavy atom. The van der Waals surface area contributed by atoms with Crippen LogP contribution in [0.5, 0.6) is 0 Å². The number of Topliss-reactive ketones (excluding diaryl/α,β-unsaturated/α-hetero) is 3. The lowest BCUT2D eigenvalue weighted by molar-refractivity contribution is -0.127. The molecule has 9 aliphatic carbocycles. The molecular weight excluding hydrogens is 1180 g/mol. The van der Waals surface area contributed by atoms with Gasteiger partial charge in [-0.25, -0.2) is 0 Å². The number of ketones is 3. The molecule has 6 fully saturated rings. The molecule has 9 rings (SSSR count). The van der Waals surface area contributed by atoms with Gasteiger partial charge >= 0.3 is 0 Å². The van der Waals surface area contributed by atoms with Crippen LogP contribution in [0.1, 0.15) is 284 Å². The van der Waals surface area contributed by atoms with E-state index < -0.39 is 36.6 Å². The van der Waals surface area contributed by atoms with Gasteiger partial charge in [-0.2, -0.15) is 0 Å². The zero-order chi connectivity index (χ0) is 70.2. The largest absolute Gasteiger partial charge is 0.393 e. The molecule has 0 radical (unpaired) electrons. The molecule has 6 N–H and O–H groups in total. The fraction of sp³-hybridized carbons (Fsp3) is 0.709. The minimum atomic E-state index is -0.634. The lowest BCUT2D eigenvalue weighted by Crippen LogP contribution is -2.32. The van der Waals surface area contributed by atoms with Gasteiger partial charge in [0.05, 0.1) is 36.6 Å². The smallest absolute Gasteiger partial charge is 0.138 e. The first-order valence-corrected chi connectivity index (χ1v) is 37.7. The lowest BCUT2D eigenvalue weighted by atomic mass is 9.62. The summed E-state index contributed by atoms with van der Waals surface area (Å²) in [5.41, 5.74) is 13.9. The number of aliphatic hydroxyl groups is 6. The number of allylic oxidation sites excluding steroid dienone is 15. The summed E-state index contributed by atoms with van der Waals surface area (Å²) in [4.78, 5) is 36.9. The van der Waals surface area contributed by atoms with Crippen LogP contribution in [0.25, 0.3) is 0 Å². The Morgan fingerprint density at radius 3 is 1.03 bits per heavy atom. The lowest BCUT2D eigenvalue weighted by Gasteiger charge is -2.42. The van der Waals surface area contributed by atoms with E-state index in [1.807, 2.05) is 62.3 Å². The first kappa shape index (κ1) is 78.3. The number of aliphatic hydroxyl groups excluding tert-OH is 6. The van der Waals surface area contributed by atoms with Gasteiger partial charge in [0.2, 0.25) is 0 Å². The van der Waals surface area contributed by atoms with Crippen molar-refractivity contribution in [2.75, 3.05) is 0 Å². The highest BCUT2D eigenvalue weighted by molar-refractivity contribution is 5.84. The quantitative estimate of drug-likeness (QED) is 0.0731. The van der Waals surface area contributed by atoms with Crippen molar-refractivity contribution in [2.45, 2.75) is 320 Å². The third-order valence-corrected chi connectivity index (χ3v) is 24.7. The average molecular weight is 1310 g/mol. The molecule has 15 atom stereocenters. The number of hydrogen-bond donors (Lipinski definition) is 6. The molecule has 0 aromatic carbocycles. The molecule has 0 amide bonds. The molecule has 9 aliphatic rings. The first-order valence-electron chi connectivity index (χ1n) is 37.7. The van der Waals surface area contributed by atoms with Gasteiger partial charge in [0.25, 0.3) is 0 Å². The summed E-state index contributed by atoms with van der Waals surface area (Å²) < 4.78 is 0. The molecule has 0 aromatic rings. The van der Waals surface area contributed by atoms with Crippen molar-refractivity contribution in [1.29, 1.82) is 0 Å². The van der Waals surface area contributed by atoms with Crippen molar-refractivity contribution < 1.29 is 45.0 Å². The van der Waals surface area contributed by atoms with Crippen LogP contribution < -0.4 is 0 Å². The SMILES string of the molecule is C=C1/C(=C\C=C2/CCC[C@]3(C)C([C@H](C)CCCC(=O)C(C)(C)C)=CC[C@@H]23)C[C@@H](O)C[C@@H]1O.C=C1/C(=C\C=C2/CCC[C@]3(C)C([C@H](C)CCCC(=O)C(C)(C)C)=CC[C@@H]23)C[C@H](O)C[C@H]1O.C[C@H](CCCC(=O)C(C)(C)C)C1=CC[C@H]2/C(=C/C=C3C[C@@H](O)C[C@H](O)C3)CCC[C@]12C. The van der Waals surface area contributed by atoms with Crippen molar-refractivity contribution in [1.82, 2.24) is 0 Å². The minimum absolute atomic E-state index is 0.207. The molecule has 0 unspecified atom stereocenters. The van der Waals surface area contributed by atoms with Gasteiger partial charge in [0.15, 0.2) is 0 Å². The van der Waals surface area contributed by atoms with E-state index in [0.29, 0.717) is 117 Å². The van der Waals surface area contributed by atoms with Crippen LogP contribution in [-0.2, 0) is 14.4 Å². The maximum absolute atomic E-state index is 12.3. The Morgan fingerprint density at radius 2 is 0.737 bits per heavy atom. The molecule has 0 saturated heterocycles. The van der Waals surface area contributed by atoms with E-state index >= 15 is 0 Å². The molecule has 6 saturated carbocycles. The van der Waals surface area contributed by atoms with Crippen LogP contribution >= 0.6 is 0 Å². The van der Waals surface area contributed by atoms with Crippen LogP contribution in [-0.4, -0.2) is 84.6 Å². The Bertz CT molecular complexity index is 2880. The molecule has 0 bridgehead atoms. The molecule has 530 valence electrons. The van der Waals surface area contributed by atoms with Crippen molar-refractivity contribution in [2.24, 2.45) is 68.0 Å². The van der Waals surface area contributed by atoms with Crippen molar-refractivity contribution in [3.63, 3.8) is 0 Å². The van der Waals surface area contributed by atoms with Gasteiger partial charge in [-0.15, -0.1) is 0 Å². The van der Waals surface area contributed by atoms with Crippen LogP contribution in [0.4, 0.5) is 0 Å². The zero-order valence-corrected chi connectivity index (χ0v) is 62.2. The highest BCUT2D eigenvalue weighted by atomic mass is 16.3. The van der Waals surface area contributed by atoms with Crippen LogP contribution in [0.15, 0.2) is 129 Å². The van der Waals surface area contributed by atoms with Crippen LogP contribution in [0.2, 0.25) is 0 Å². The summed E-state index contributed by atoms with van der Waals surface area (Å²) >= 11 is 0. The van der Waals surface area contributed by atoms with E-state index in [4.69, 9.17) is 0 Å². The maximum Gasteiger partial charge on any atom is 0.138 e. The Balaban J connectivity index is 0.000000201. The van der Waals surface area contributed by atoms with Gasteiger partial charge in [0.1, 0.15) is 17.3 Å². The third-order valence-electron chi connectivity index (χ3n) is 24.7. The number of carbonyl (C=O) groups is 3. The number of carbonyl (C=O) groups excluding carboxylic acids is 3. The molecule has 0 aliphatic heterocycles. The molecular formula is C86H132O9. The fourth-order valence-corrected chi connectivity index (χ4v) is 18.6. The molecule has 9 nitrogen and oxygen atoms in total. The standard InChI is InChI=1S/2C29H44O3.C28H44O3/c2*1-19(9-7-11-27(32)28(3,4)5)24-14-15-25-21(10-8-16-29(24,25)6)12-13-22-17-23(30)18-26(31)20(22)2;1-19(8-6-10-26(31)27(2,3)4)24-13-14-25-21(9-7-15-28(24,25)5)12-11-20-16-22(29)18-23(30)17-20/h2*12-14,19,23,25-26,30-31H,2,7-11,15-18H2,1,3-6H3;11-13,19,22-23,25,29-30H,6-10,14-18H2,1-5H3/b2*21-12+,22-13-;21-12+/t19-,23+,25+,26-,29-;19-,23-,25+,26+,29-;19-,22-,23-,25+,28-/m111/s1. The summed E-state index contributed by atoms with van der Waals surface area (Å²) in [7, 11) is 0. The second-order valence-electron chi connectivity index (χ2n) is 35.2. The maximum atomic E-state index is 12.3. The Labute approximate surface area is 576 Å². The van der Waals surface area contributed by atoms with Crippen molar-refractivity contribution in [3.05, 3.63) is 129 Å². The average Bonchev–Trinajstić information content (AvgIpc) is 1.64. The predicted octanol–water partition coefficient (Wildman–Crippen LogP) is 19.2. The topological polar surface area (TPSA) is 173 Å². The fourth-order valence-electron chi connectivity index (χ4n) is 18.6. The highest BCUT2D eigenvalue weighted by Crippen LogP contribution is 2.60. The van der Waals surface area contributed by atoms with E-state index in [9.17, 15) is 45.0 Å². The third kappa shape index (κ3) is 19.9. The number of hydrogen-bond acceptors (Lipinski definition) is 9. The van der Waals surface area contributed by atoms with E-state index in [2.05, 4.69) is 109 Å². The van der Waals surface area contributed by atoms with Gasteiger partial charge in [0, 0.05) is 48.3 Å². The molecule has 9 heteroatoms. The number of rotatable bonds is 18. The molecule has 0 aromatic heterocycles. The summed E-state index contributed by atoms with van der Waals surface area (Å²) in [5.74, 6) is 4.31. The summed E-state index contributed by atoms with van der Waals surface area (Å²) in [6.45, 7) is 40.6. The molecule has 0 heterocycles. The van der Waals surface area contributed by atoms with E-state index in [1.54, 1.807) is 16.7 Å². The van der Waals surface area contributed by atoms with Crippen LogP contribution in [0.3, 0.4) is 0 Å². The van der Waals surface area contributed by atoms with Crippen LogP contribution in [0, 0.1) is 68.0 Å². The van der Waals surface area contributed by atoms with Gasteiger partial charge in [-0.3, -0.25) is 14.4 Å². The first-order chi connectivity index (χ1) is 44.4. The summed E-state index contributed by atoms with van der Waals surface area (Å²) in [5, 5.41) is 60.3. The molecule has 95 heavy (non-hydrogen) atoms. The second-order valence-corrected chi connectivity index (χ2v) is 35.2. The molecule has 0 spiro atoms. The minimum Gasteiger partial charge on any atom is -0.393 e. The summed E-state index contributed by atoms with van der Waals surface area (Å²) in [6, 6.07) is 0. The summed E-state index contributed by atoms with van der Waals surface area (Å²) in [6.07, 6.45) is 43.7. The number of fused-ring (bicyclic) bond motifs is 3. The highest BCUT2D eigenvalue weighted by Gasteiger charge is 2.49. The van der Waals surface area contributed by atoms with E-state index in [0.717, 1.165) is 99.3 Å². The second kappa shape index (κ2) is 32.9. The van der Waals surface area contributed by atoms with Gasteiger partial charge < -0.3 is 30.6 Å². The predicted molar refractivity (Wildman–Crippen MR) is 392 cm³/mol. The van der Waals surface area contributed by atoms with Gasteiger partial charge in [-0.1, -0.05) is 211 Å².